The van der Waals surface area contributed by atoms with Crippen LogP contribution in [0.15, 0.2) is 83.8 Å². The van der Waals surface area contributed by atoms with Gasteiger partial charge in [-0.05, 0) is 42.3 Å². The van der Waals surface area contributed by atoms with Crippen molar-refractivity contribution in [1.82, 2.24) is 0 Å². The molecule has 4 rings (SSSR count). The first-order valence-electron chi connectivity index (χ1n) is 12.2. The molecule has 0 spiro atoms. The number of amides is 1. The zero-order valence-electron chi connectivity index (χ0n) is 20.8. The van der Waals surface area contributed by atoms with Crippen molar-refractivity contribution in [3.8, 4) is 0 Å². The van der Waals surface area contributed by atoms with E-state index in [0.717, 1.165) is 22.4 Å². The molecule has 4 atom stereocenters. The van der Waals surface area contributed by atoms with Crippen LogP contribution in [0.5, 0.6) is 0 Å². The van der Waals surface area contributed by atoms with Crippen LogP contribution in [0, 0.1) is 0 Å². The summed E-state index contributed by atoms with van der Waals surface area (Å²) in [7, 11) is 0. The SMILES string of the molecule is CC(=O)OC(C)C(=O)Nc1cccc(C2OC(CSc3ccccc3)CC(c3ccc(CO)cc3)O2)c1. The summed E-state index contributed by atoms with van der Waals surface area (Å²) in [6.07, 6.45) is -1.14. The van der Waals surface area contributed by atoms with E-state index in [0.29, 0.717) is 12.1 Å². The maximum atomic E-state index is 12.4. The Bertz CT molecular complexity index is 1190. The largest absolute Gasteiger partial charge is 0.453 e. The number of aliphatic hydroxyl groups excluding tert-OH is 1. The van der Waals surface area contributed by atoms with Gasteiger partial charge in [-0.1, -0.05) is 54.6 Å². The van der Waals surface area contributed by atoms with Crippen molar-refractivity contribution in [3.05, 3.63) is 95.6 Å². The number of carbonyl (C=O) groups is 2. The molecule has 0 saturated carbocycles. The second-order valence-electron chi connectivity index (χ2n) is 8.84. The standard InChI is InChI=1S/C29H31NO6S/c1-19(34-20(2)32)28(33)30-24-8-6-7-23(15-24)29-35-25(18-37-26-9-4-3-5-10-26)16-27(36-29)22-13-11-21(17-31)12-14-22/h3-15,19,25,27,29,31H,16-18H2,1-2H3,(H,30,33). The number of anilines is 1. The molecular weight excluding hydrogens is 490 g/mol. The van der Waals surface area contributed by atoms with E-state index in [1.165, 1.54) is 18.7 Å². The smallest absolute Gasteiger partial charge is 0.303 e. The molecule has 1 saturated heterocycles. The van der Waals surface area contributed by atoms with Gasteiger partial charge in [0, 0.05) is 35.2 Å². The second-order valence-corrected chi connectivity index (χ2v) is 9.93. The number of esters is 1. The lowest BCUT2D eigenvalue weighted by Gasteiger charge is -2.36. The maximum Gasteiger partial charge on any atom is 0.303 e. The highest BCUT2D eigenvalue weighted by Crippen LogP contribution is 2.39. The highest BCUT2D eigenvalue weighted by Gasteiger charge is 2.32. The molecule has 37 heavy (non-hydrogen) atoms. The summed E-state index contributed by atoms with van der Waals surface area (Å²) in [5.74, 6) is -0.180. The van der Waals surface area contributed by atoms with Crippen LogP contribution >= 0.6 is 11.8 Å². The van der Waals surface area contributed by atoms with Crippen LogP contribution in [0.1, 0.15) is 49.4 Å². The molecule has 194 valence electrons. The Kier molecular flexibility index (Phi) is 9.35. The second kappa shape index (κ2) is 12.9. The van der Waals surface area contributed by atoms with E-state index in [1.807, 2.05) is 60.7 Å². The molecule has 3 aromatic carbocycles. The van der Waals surface area contributed by atoms with Crippen molar-refractivity contribution in [1.29, 1.82) is 0 Å². The molecule has 7 nitrogen and oxygen atoms in total. The van der Waals surface area contributed by atoms with Crippen molar-refractivity contribution < 1.29 is 28.9 Å². The van der Waals surface area contributed by atoms with Gasteiger partial charge in [-0.3, -0.25) is 9.59 Å². The first-order chi connectivity index (χ1) is 17.9. The Hall–Kier alpha value is -3.17. The molecule has 8 heteroatoms. The molecule has 3 aromatic rings. The van der Waals surface area contributed by atoms with Crippen molar-refractivity contribution >= 4 is 29.3 Å². The predicted octanol–water partition coefficient (Wildman–Crippen LogP) is 5.41. The number of aliphatic hydroxyl groups is 1. The van der Waals surface area contributed by atoms with E-state index < -0.39 is 24.3 Å². The lowest BCUT2D eigenvalue weighted by molar-refractivity contribution is -0.245. The van der Waals surface area contributed by atoms with Gasteiger partial charge in [0.2, 0.25) is 0 Å². The number of hydrogen-bond acceptors (Lipinski definition) is 7. The summed E-state index contributed by atoms with van der Waals surface area (Å²) in [5.41, 5.74) is 3.18. The van der Waals surface area contributed by atoms with Crippen LogP contribution in [0.25, 0.3) is 0 Å². The van der Waals surface area contributed by atoms with E-state index in [-0.39, 0.29) is 18.8 Å². The lowest BCUT2D eigenvalue weighted by atomic mass is 10.0. The number of nitrogens with one attached hydrogen (secondary N) is 1. The minimum Gasteiger partial charge on any atom is -0.453 e. The average molecular weight is 522 g/mol. The van der Waals surface area contributed by atoms with Gasteiger partial charge in [0.05, 0.1) is 18.8 Å². The fourth-order valence-corrected chi connectivity index (χ4v) is 4.98. The number of rotatable bonds is 9. The van der Waals surface area contributed by atoms with Crippen molar-refractivity contribution in [3.63, 3.8) is 0 Å². The van der Waals surface area contributed by atoms with Crippen molar-refractivity contribution in [2.45, 2.75) is 56.4 Å². The molecule has 1 aliphatic heterocycles. The number of carbonyl (C=O) groups excluding carboxylic acids is 2. The van der Waals surface area contributed by atoms with Crippen LogP contribution in [0.3, 0.4) is 0 Å². The quantitative estimate of drug-likeness (QED) is 0.287. The van der Waals surface area contributed by atoms with E-state index in [9.17, 15) is 14.7 Å². The Labute approximate surface area is 221 Å². The molecule has 1 fully saturated rings. The minimum absolute atomic E-state index is 0.0114. The van der Waals surface area contributed by atoms with Crippen LogP contribution in [0.4, 0.5) is 5.69 Å². The lowest BCUT2D eigenvalue weighted by Crippen LogP contribution is -2.31. The summed E-state index contributed by atoms with van der Waals surface area (Å²) < 4.78 is 17.8. The summed E-state index contributed by atoms with van der Waals surface area (Å²) in [5, 5.41) is 12.2. The molecule has 0 aliphatic carbocycles. The Morgan fingerprint density at radius 2 is 1.78 bits per heavy atom. The first kappa shape index (κ1) is 26.9. The van der Waals surface area contributed by atoms with Crippen molar-refractivity contribution in [2.24, 2.45) is 0 Å². The molecule has 1 heterocycles. The maximum absolute atomic E-state index is 12.4. The fraction of sp³-hybridized carbons (Fsp3) is 0.310. The van der Waals surface area contributed by atoms with Crippen LogP contribution in [-0.4, -0.2) is 34.9 Å². The highest BCUT2D eigenvalue weighted by molar-refractivity contribution is 7.99. The molecule has 2 N–H and O–H groups in total. The average Bonchev–Trinajstić information content (AvgIpc) is 2.92. The van der Waals surface area contributed by atoms with Gasteiger partial charge in [-0.2, -0.15) is 0 Å². The normalized spacial score (nSPS) is 20.1. The molecule has 1 aliphatic rings. The topological polar surface area (TPSA) is 94.1 Å². The zero-order chi connectivity index (χ0) is 26.2. The fourth-order valence-electron chi connectivity index (χ4n) is 4.04. The Balaban J connectivity index is 1.51. The van der Waals surface area contributed by atoms with E-state index in [1.54, 1.807) is 17.8 Å². The molecule has 0 bridgehead atoms. The van der Waals surface area contributed by atoms with E-state index in [2.05, 4.69) is 17.4 Å². The number of benzene rings is 3. The summed E-state index contributed by atoms with van der Waals surface area (Å²) >= 11 is 1.73. The molecule has 4 unspecified atom stereocenters. The third-order valence-electron chi connectivity index (χ3n) is 5.93. The third-order valence-corrected chi connectivity index (χ3v) is 7.08. The molecule has 0 aromatic heterocycles. The third kappa shape index (κ3) is 7.66. The predicted molar refractivity (Wildman–Crippen MR) is 142 cm³/mol. The van der Waals surface area contributed by atoms with E-state index >= 15 is 0 Å². The van der Waals surface area contributed by atoms with Gasteiger partial charge in [0.25, 0.3) is 5.91 Å². The number of thioether (sulfide) groups is 1. The van der Waals surface area contributed by atoms with Crippen LogP contribution in [0.2, 0.25) is 0 Å². The van der Waals surface area contributed by atoms with Gasteiger partial charge in [0.1, 0.15) is 0 Å². The summed E-state index contributed by atoms with van der Waals surface area (Å²) in [4.78, 5) is 24.8. The first-order valence-corrected chi connectivity index (χ1v) is 13.2. The van der Waals surface area contributed by atoms with E-state index in [4.69, 9.17) is 14.2 Å². The molecule has 0 radical (unpaired) electrons. The van der Waals surface area contributed by atoms with Gasteiger partial charge in [-0.15, -0.1) is 11.8 Å². The zero-order valence-corrected chi connectivity index (χ0v) is 21.6. The van der Waals surface area contributed by atoms with Gasteiger partial charge in [-0.25, -0.2) is 0 Å². The monoisotopic (exact) mass is 521 g/mol. The van der Waals surface area contributed by atoms with Gasteiger partial charge in [0.15, 0.2) is 12.4 Å². The van der Waals surface area contributed by atoms with Crippen LogP contribution in [-0.2, 0) is 30.4 Å². The molecule has 1 amide bonds. The Morgan fingerprint density at radius 1 is 1.03 bits per heavy atom. The summed E-state index contributed by atoms with van der Waals surface area (Å²) in [6, 6.07) is 25.2. The highest BCUT2D eigenvalue weighted by atomic mass is 32.2. The van der Waals surface area contributed by atoms with Gasteiger partial charge >= 0.3 is 5.97 Å². The number of hydrogen-bond donors (Lipinski definition) is 2. The minimum atomic E-state index is -0.908. The van der Waals surface area contributed by atoms with Crippen molar-refractivity contribution in [2.75, 3.05) is 11.1 Å². The Morgan fingerprint density at radius 3 is 2.49 bits per heavy atom. The molecular formula is C29H31NO6S. The van der Waals surface area contributed by atoms with Crippen LogP contribution < -0.4 is 5.32 Å². The summed E-state index contributed by atoms with van der Waals surface area (Å²) in [6.45, 7) is 2.78. The van der Waals surface area contributed by atoms with Gasteiger partial charge < -0.3 is 24.6 Å². The number of ether oxygens (including phenoxy) is 3.